The molecule has 1 atom stereocenters. The molecule has 3 aromatic rings. The number of aryl methyl sites for hydroxylation is 1. The molecule has 0 saturated carbocycles. The number of nitrogens with zero attached hydrogens (tertiary/aromatic N) is 1. The van der Waals surface area contributed by atoms with Gasteiger partial charge in [-0.25, -0.2) is 4.39 Å². The number of Topliss-reactive ketones (excluding diaryl/α,β-unsaturated/α-hetero) is 1. The number of aliphatic hydroxyl groups excluding tert-OH is 1. The van der Waals surface area contributed by atoms with Gasteiger partial charge in [0.15, 0.2) is 0 Å². The van der Waals surface area contributed by atoms with Gasteiger partial charge < -0.3 is 9.84 Å². The number of methoxy groups -OCH3 is 1. The van der Waals surface area contributed by atoms with E-state index in [2.05, 4.69) is 15.9 Å². The zero-order valence-electron chi connectivity index (χ0n) is 17.3. The maximum Gasteiger partial charge on any atom is 0.300 e. The summed E-state index contributed by atoms with van der Waals surface area (Å²) < 4.78 is 20.0. The number of rotatable bonds is 4. The number of hydrogen-bond donors (Lipinski definition) is 1. The zero-order chi connectivity index (χ0) is 23.0. The van der Waals surface area contributed by atoms with E-state index in [-0.39, 0.29) is 11.3 Å². The first-order chi connectivity index (χ1) is 15.3. The first-order valence-electron chi connectivity index (χ1n) is 9.79. The van der Waals surface area contributed by atoms with Gasteiger partial charge >= 0.3 is 0 Å². The monoisotopic (exact) mass is 495 g/mol. The normalized spacial score (nSPS) is 17.6. The number of ether oxygens (including phenoxy) is 1. The van der Waals surface area contributed by atoms with Gasteiger partial charge in [-0.2, -0.15) is 0 Å². The van der Waals surface area contributed by atoms with Gasteiger partial charge in [0.25, 0.3) is 11.7 Å². The van der Waals surface area contributed by atoms with Crippen molar-refractivity contribution in [1.82, 2.24) is 0 Å². The lowest BCUT2D eigenvalue weighted by molar-refractivity contribution is -0.132. The molecule has 4 rings (SSSR count). The fourth-order valence-corrected chi connectivity index (χ4v) is 4.09. The minimum Gasteiger partial charge on any atom is -0.507 e. The third-order valence-electron chi connectivity index (χ3n) is 5.41. The molecular weight excluding hydrogens is 477 g/mol. The Labute approximate surface area is 192 Å². The molecule has 1 saturated heterocycles. The maximum atomic E-state index is 14.1. The Morgan fingerprint density at radius 1 is 1.06 bits per heavy atom. The third kappa shape index (κ3) is 3.80. The Morgan fingerprint density at radius 2 is 1.78 bits per heavy atom. The minimum atomic E-state index is -0.998. The highest BCUT2D eigenvalue weighted by Gasteiger charge is 2.47. The molecule has 0 spiro atoms. The largest absolute Gasteiger partial charge is 0.507 e. The van der Waals surface area contributed by atoms with Crippen molar-refractivity contribution in [1.29, 1.82) is 0 Å². The van der Waals surface area contributed by atoms with Crippen molar-refractivity contribution in [3.63, 3.8) is 0 Å². The van der Waals surface area contributed by atoms with E-state index in [4.69, 9.17) is 4.74 Å². The molecular formula is C25H19BrFNO4. The molecule has 1 amide bonds. The first-order valence-corrected chi connectivity index (χ1v) is 10.6. The Balaban J connectivity index is 1.94. The Hall–Kier alpha value is -3.45. The highest BCUT2D eigenvalue weighted by molar-refractivity contribution is 9.10. The highest BCUT2D eigenvalue weighted by atomic mass is 79.9. The van der Waals surface area contributed by atoms with E-state index < -0.39 is 23.5 Å². The SMILES string of the molecule is COc1ccc(C(O)=C2C(=O)C(=O)N(c3ccc(C)c(Br)c3)[C@H]2c2cccc(F)c2)cc1. The fourth-order valence-electron chi connectivity index (χ4n) is 3.73. The number of amides is 1. The Morgan fingerprint density at radius 3 is 2.41 bits per heavy atom. The summed E-state index contributed by atoms with van der Waals surface area (Å²) in [4.78, 5) is 27.5. The van der Waals surface area contributed by atoms with Gasteiger partial charge in [0, 0.05) is 15.7 Å². The minimum absolute atomic E-state index is 0.109. The number of hydrogen-bond acceptors (Lipinski definition) is 4. The van der Waals surface area contributed by atoms with E-state index in [9.17, 15) is 19.1 Å². The summed E-state index contributed by atoms with van der Waals surface area (Å²) in [5, 5.41) is 11.1. The van der Waals surface area contributed by atoms with E-state index in [1.165, 1.54) is 30.2 Å². The molecule has 5 nitrogen and oxygen atoms in total. The van der Waals surface area contributed by atoms with Crippen LogP contribution in [0.5, 0.6) is 5.75 Å². The predicted molar refractivity (Wildman–Crippen MR) is 123 cm³/mol. The number of halogens is 2. The lowest BCUT2D eigenvalue weighted by Crippen LogP contribution is -2.29. The van der Waals surface area contributed by atoms with Crippen molar-refractivity contribution in [3.8, 4) is 5.75 Å². The number of carbonyl (C=O) groups excluding carboxylic acids is 2. The van der Waals surface area contributed by atoms with Gasteiger partial charge in [0.1, 0.15) is 17.3 Å². The summed E-state index contributed by atoms with van der Waals surface area (Å²) in [6, 6.07) is 16.4. The van der Waals surface area contributed by atoms with E-state index in [1.807, 2.05) is 13.0 Å². The smallest absolute Gasteiger partial charge is 0.300 e. The second-order valence-corrected chi connectivity index (χ2v) is 8.24. The van der Waals surface area contributed by atoms with Crippen molar-refractivity contribution in [2.24, 2.45) is 0 Å². The second kappa shape index (κ2) is 8.59. The molecule has 1 fully saturated rings. The van der Waals surface area contributed by atoms with Crippen LogP contribution in [-0.4, -0.2) is 23.9 Å². The van der Waals surface area contributed by atoms with Gasteiger partial charge in [-0.1, -0.05) is 34.1 Å². The van der Waals surface area contributed by atoms with Gasteiger partial charge in [0.05, 0.1) is 18.7 Å². The molecule has 3 aromatic carbocycles. The van der Waals surface area contributed by atoms with Crippen molar-refractivity contribution in [3.05, 3.63) is 99.3 Å². The number of ketones is 1. The molecule has 1 heterocycles. The summed E-state index contributed by atoms with van der Waals surface area (Å²) in [5.74, 6) is -1.92. The standard InChI is InChI=1S/C25H19BrFNO4/c1-14-6-9-18(13-20(14)26)28-22(16-4-3-5-17(27)12-16)21(24(30)25(28)31)23(29)15-7-10-19(32-2)11-8-15/h3-13,22,29H,1-2H3/t22-/m0/s1. The fraction of sp³-hybridized carbons (Fsp3) is 0.120. The van der Waals surface area contributed by atoms with Crippen LogP contribution in [0.4, 0.5) is 10.1 Å². The summed E-state index contributed by atoms with van der Waals surface area (Å²) >= 11 is 3.45. The van der Waals surface area contributed by atoms with Gasteiger partial charge in [-0.15, -0.1) is 0 Å². The van der Waals surface area contributed by atoms with Crippen LogP contribution < -0.4 is 9.64 Å². The van der Waals surface area contributed by atoms with E-state index in [0.717, 1.165) is 10.0 Å². The molecule has 7 heteroatoms. The van der Waals surface area contributed by atoms with E-state index >= 15 is 0 Å². The topological polar surface area (TPSA) is 66.8 Å². The van der Waals surface area contributed by atoms with Crippen LogP contribution in [0.2, 0.25) is 0 Å². The molecule has 1 aliphatic heterocycles. The molecule has 162 valence electrons. The first kappa shape index (κ1) is 21.8. The quantitative estimate of drug-likeness (QED) is 0.293. The number of carbonyl (C=O) groups is 2. The number of benzene rings is 3. The third-order valence-corrected chi connectivity index (χ3v) is 6.26. The van der Waals surface area contributed by atoms with Crippen molar-refractivity contribution in [2.45, 2.75) is 13.0 Å². The summed E-state index contributed by atoms with van der Waals surface area (Å²) in [7, 11) is 1.52. The van der Waals surface area contributed by atoms with Crippen LogP contribution in [0.1, 0.15) is 22.7 Å². The molecule has 0 aliphatic carbocycles. The number of anilines is 1. The van der Waals surface area contributed by atoms with Gasteiger partial charge in [0.2, 0.25) is 0 Å². The van der Waals surface area contributed by atoms with Gasteiger partial charge in [-0.3, -0.25) is 14.5 Å². The molecule has 0 unspecified atom stereocenters. The average molecular weight is 496 g/mol. The van der Waals surface area contributed by atoms with Crippen LogP contribution in [0, 0.1) is 12.7 Å². The highest BCUT2D eigenvalue weighted by Crippen LogP contribution is 2.43. The maximum absolute atomic E-state index is 14.1. The van der Waals surface area contributed by atoms with E-state index in [1.54, 1.807) is 42.5 Å². The summed E-state index contributed by atoms with van der Waals surface area (Å²) in [6.07, 6.45) is 0. The van der Waals surface area contributed by atoms with Gasteiger partial charge in [-0.05, 0) is 66.6 Å². The van der Waals surface area contributed by atoms with Crippen molar-refractivity contribution < 1.29 is 23.8 Å². The Kier molecular flexibility index (Phi) is 5.84. The lowest BCUT2D eigenvalue weighted by atomic mass is 9.95. The molecule has 1 N–H and O–H groups in total. The predicted octanol–water partition coefficient (Wildman–Crippen LogP) is 5.53. The van der Waals surface area contributed by atoms with Crippen molar-refractivity contribution in [2.75, 3.05) is 12.0 Å². The average Bonchev–Trinajstić information content (AvgIpc) is 3.06. The zero-order valence-corrected chi connectivity index (χ0v) is 18.9. The van der Waals surface area contributed by atoms with Crippen LogP contribution in [0.25, 0.3) is 5.76 Å². The Bertz CT molecular complexity index is 1250. The summed E-state index contributed by atoms with van der Waals surface area (Å²) in [5.41, 5.74) is 2.01. The molecule has 1 aliphatic rings. The molecule has 0 bridgehead atoms. The molecule has 0 aromatic heterocycles. The second-order valence-electron chi connectivity index (χ2n) is 7.39. The number of aliphatic hydroxyl groups is 1. The van der Waals surface area contributed by atoms with Crippen LogP contribution in [-0.2, 0) is 9.59 Å². The lowest BCUT2D eigenvalue weighted by Gasteiger charge is -2.26. The molecule has 32 heavy (non-hydrogen) atoms. The van der Waals surface area contributed by atoms with Crippen LogP contribution in [0.3, 0.4) is 0 Å². The summed E-state index contributed by atoms with van der Waals surface area (Å²) in [6.45, 7) is 1.90. The van der Waals surface area contributed by atoms with Crippen molar-refractivity contribution >= 4 is 39.1 Å². The molecule has 0 radical (unpaired) electrons. The van der Waals surface area contributed by atoms with Crippen LogP contribution >= 0.6 is 15.9 Å². The van der Waals surface area contributed by atoms with Crippen LogP contribution in [0.15, 0.2) is 76.8 Å². The van der Waals surface area contributed by atoms with E-state index in [0.29, 0.717) is 22.6 Å².